The van der Waals surface area contributed by atoms with Crippen LogP contribution < -0.4 is 0 Å². The molecule has 0 aliphatic heterocycles. The number of Topliss-reactive ketones (excluding diaryl/α,β-unsaturated/α-hetero) is 1. The number of benzene rings is 1. The number of allylic oxidation sites excluding steroid dienone is 2. The van der Waals surface area contributed by atoms with Gasteiger partial charge < -0.3 is 0 Å². The van der Waals surface area contributed by atoms with Gasteiger partial charge in [-0.15, -0.1) is 0 Å². The minimum Gasteiger partial charge on any atom is -0.299 e. The molecule has 0 N–H and O–H groups in total. The van der Waals surface area contributed by atoms with Crippen molar-refractivity contribution in [3.63, 3.8) is 0 Å². The first-order valence-electron chi connectivity index (χ1n) is 12.7. The van der Waals surface area contributed by atoms with E-state index in [9.17, 15) is 4.79 Å². The van der Waals surface area contributed by atoms with Gasteiger partial charge in [0.05, 0.1) is 0 Å². The van der Waals surface area contributed by atoms with Crippen LogP contribution in [0.15, 0.2) is 35.9 Å². The van der Waals surface area contributed by atoms with Crippen LogP contribution in [0.5, 0.6) is 0 Å². The maximum Gasteiger partial charge on any atom is 0.136 e. The highest BCUT2D eigenvalue weighted by atomic mass is 16.1. The fourth-order valence-corrected chi connectivity index (χ4v) is 8.55. The minimum absolute atomic E-state index is 0.250. The van der Waals surface area contributed by atoms with Gasteiger partial charge in [-0.3, -0.25) is 4.79 Å². The summed E-state index contributed by atoms with van der Waals surface area (Å²) in [5, 5.41) is 0. The Labute approximate surface area is 183 Å². The average Bonchev–Trinajstić information content (AvgIpc) is 3.10. The Hall–Kier alpha value is -1.37. The second-order valence-corrected chi connectivity index (χ2v) is 11.5. The van der Waals surface area contributed by atoms with Gasteiger partial charge in [0.25, 0.3) is 0 Å². The molecule has 4 aliphatic rings. The largest absolute Gasteiger partial charge is 0.299 e. The van der Waals surface area contributed by atoms with E-state index in [1.165, 1.54) is 62.5 Å². The molecule has 1 heteroatoms. The molecule has 0 saturated heterocycles. The molecule has 1 aromatic rings. The van der Waals surface area contributed by atoms with Crippen molar-refractivity contribution in [1.29, 1.82) is 0 Å². The van der Waals surface area contributed by atoms with Crippen LogP contribution >= 0.6 is 0 Å². The van der Waals surface area contributed by atoms with Gasteiger partial charge in [-0.05, 0) is 104 Å². The number of aryl methyl sites for hydroxylation is 2. The van der Waals surface area contributed by atoms with Crippen molar-refractivity contribution in [3.05, 3.63) is 47.0 Å². The monoisotopic (exact) mass is 404 g/mol. The molecule has 3 saturated carbocycles. The molecule has 0 heterocycles. The first kappa shape index (κ1) is 20.5. The number of fused-ring (bicyclic) bond motifs is 5. The van der Waals surface area contributed by atoms with Crippen LogP contribution in [-0.2, 0) is 11.2 Å². The van der Waals surface area contributed by atoms with Crippen LogP contribution in [0.3, 0.4) is 0 Å². The van der Waals surface area contributed by atoms with Gasteiger partial charge in [-0.25, -0.2) is 0 Å². The molecular formula is C29H40O. The summed E-state index contributed by atoms with van der Waals surface area (Å²) in [6, 6.07) is 8.57. The molecule has 162 valence electrons. The molecule has 0 radical (unpaired) electrons. The molecule has 0 amide bonds. The minimum atomic E-state index is 0.250. The quantitative estimate of drug-likeness (QED) is 0.476. The Kier molecular flexibility index (Phi) is 5.23. The molecule has 6 atom stereocenters. The summed E-state index contributed by atoms with van der Waals surface area (Å²) in [5.74, 6) is 3.32. The number of carbonyl (C=O) groups is 1. The maximum atomic E-state index is 13.4. The second kappa shape index (κ2) is 7.64. The zero-order chi connectivity index (χ0) is 20.9. The molecule has 0 bridgehead atoms. The molecular weight excluding hydrogens is 364 g/mol. The zero-order valence-corrected chi connectivity index (χ0v) is 19.4. The molecule has 30 heavy (non-hydrogen) atoms. The molecule has 1 nitrogen and oxygen atoms in total. The average molecular weight is 405 g/mol. The smallest absolute Gasteiger partial charge is 0.136 e. The third kappa shape index (κ3) is 3.14. The van der Waals surface area contributed by atoms with E-state index in [4.69, 9.17) is 0 Å². The van der Waals surface area contributed by atoms with Crippen LogP contribution in [-0.4, -0.2) is 5.78 Å². The summed E-state index contributed by atoms with van der Waals surface area (Å²) in [6.45, 7) is 7.27. The van der Waals surface area contributed by atoms with Gasteiger partial charge in [0.1, 0.15) is 5.78 Å². The molecule has 5 rings (SSSR count). The van der Waals surface area contributed by atoms with Crippen molar-refractivity contribution < 1.29 is 4.79 Å². The Balaban J connectivity index is 1.32. The van der Waals surface area contributed by atoms with Gasteiger partial charge in [0.15, 0.2) is 0 Å². The molecule has 4 aliphatic carbocycles. The summed E-state index contributed by atoms with van der Waals surface area (Å²) >= 11 is 0. The van der Waals surface area contributed by atoms with E-state index >= 15 is 0 Å². The Morgan fingerprint density at radius 1 is 1.03 bits per heavy atom. The number of ketones is 1. The summed E-state index contributed by atoms with van der Waals surface area (Å²) in [5.41, 5.74) is 5.19. The van der Waals surface area contributed by atoms with Gasteiger partial charge in [-0.1, -0.05) is 56.2 Å². The van der Waals surface area contributed by atoms with E-state index in [2.05, 4.69) is 51.1 Å². The fourth-order valence-electron chi connectivity index (χ4n) is 8.55. The Morgan fingerprint density at radius 2 is 1.87 bits per heavy atom. The van der Waals surface area contributed by atoms with Crippen LogP contribution in [0.4, 0.5) is 0 Å². The first-order chi connectivity index (χ1) is 14.4. The zero-order valence-electron chi connectivity index (χ0n) is 19.4. The lowest BCUT2D eigenvalue weighted by Crippen LogP contribution is -2.50. The van der Waals surface area contributed by atoms with Gasteiger partial charge in [-0.2, -0.15) is 0 Å². The molecule has 6 unspecified atom stereocenters. The number of rotatable bonds is 4. The lowest BCUT2D eigenvalue weighted by Gasteiger charge is -2.57. The maximum absolute atomic E-state index is 13.4. The Bertz CT molecular complexity index is 850. The number of carbonyl (C=O) groups excluding carboxylic acids is 1. The SMILES string of the molecule is Cc1ccccc1CCC(=O)C1CCC2C3CC=C4CCCCC4(C)C3CCC12C. The Morgan fingerprint density at radius 3 is 2.70 bits per heavy atom. The van der Waals surface area contributed by atoms with Crippen LogP contribution in [0.2, 0.25) is 0 Å². The summed E-state index contributed by atoms with van der Waals surface area (Å²) < 4.78 is 0. The van der Waals surface area contributed by atoms with Crippen LogP contribution in [0.25, 0.3) is 0 Å². The van der Waals surface area contributed by atoms with E-state index in [1.807, 2.05) is 0 Å². The summed E-state index contributed by atoms with van der Waals surface area (Å²) in [7, 11) is 0. The van der Waals surface area contributed by atoms with Crippen molar-refractivity contribution in [2.75, 3.05) is 0 Å². The van der Waals surface area contributed by atoms with Crippen molar-refractivity contribution >= 4 is 5.78 Å². The van der Waals surface area contributed by atoms with E-state index in [0.717, 1.165) is 37.0 Å². The predicted molar refractivity (Wildman–Crippen MR) is 124 cm³/mol. The van der Waals surface area contributed by atoms with Crippen LogP contribution in [0.1, 0.15) is 89.2 Å². The van der Waals surface area contributed by atoms with Gasteiger partial charge in [0, 0.05) is 12.3 Å². The molecule has 1 aromatic carbocycles. The highest BCUT2D eigenvalue weighted by molar-refractivity contribution is 5.82. The third-order valence-corrected chi connectivity index (χ3v) is 10.3. The lowest BCUT2D eigenvalue weighted by atomic mass is 9.47. The van der Waals surface area contributed by atoms with E-state index in [-0.39, 0.29) is 5.41 Å². The van der Waals surface area contributed by atoms with Crippen molar-refractivity contribution in [1.82, 2.24) is 0 Å². The van der Waals surface area contributed by atoms with Gasteiger partial charge >= 0.3 is 0 Å². The summed E-state index contributed by atoms with van der Waals surface area (Å²) in [4.78, 5) is 13.4. The van der Waals surface area contributed by atoms with Crippen molar-refractivity contribution in [3.8, 4) is 0 Å². The van der Waals surface area contributed by atoms with E-state index in [1.54, 1.807) is 5.57 Å². The van der Waals surface area contributed by atoms with E-state index < -0.39 is 0 Å². The first-order valence-corrected chi connectivity index (χ1v) is 12.7. The van der Waals surface area contributed by atoms with E-state index in [0.29, 0.717) is 17.1 Å². The lowest BCUT2D eigenvalue weighted by molar-refractivity contribution is -0.129. The molecule has 3 fully saturated rings. The molecule has 0 spiro atoms. The second-order valence-electron chi connectivity index (χ2n) is 11.5. The van der Waals surface area contributed by atoms with Crippen molar-refractivity contribution in [2.24, 2.45) is 34.5 Å². The molecule has 0 aromatic heterocycles. The predicted octanol–water partition coefficient (Wildman–Crippen LogP) is 7.47. The third-order valence-electron chi connectivity index (χ3n) is 10.3. The van der Waals surface area contributed by atoms with Crippen molar-refractivity contribution in [2.45, 2.75) is 91.4 Å². The summed E-state index contributed by atoms with van der Waals surface area (Å²) in [6.07, 6.45) is 16.2. The standard InChI is InChI=1S/C29H40O/c1-20-8-4-5-9-21(20)11-16-27(30)26-15-14-24-23-13-12-22-10-6-7-18-28(22,2)25(23)17-19-29(24,26)3/h4-5,8-9,12,23-26H,6-7,10-11,13-19H2,1-3H3. The highest BCUT2D eigenvalue weighted by Crippen LogP contribution is 2.66. The topological polar surface area (TPSA) is 17.1 Å². The fraction of sp³-hybridized carbons (Fsp3) is 0.690. The number of hydrogen-bond donors (Lipinski definition) is 0. The van der Waals surface area contributed by atoms with Gasteiger partial charge in [0.2, 0.25) is 0 Å². The number of hydrogen-bond acceptors (Lipinski definition) is 1. The highest BCUT2D eigenvalue weighted by Gasteiger charge is 2.59. The van der Waals surface area contributed by atoms with Crippen LogP contribution in [0, 0.1) is 41.4 Å². The normalized spacial score (nSPS) is 40.2.